The van der Waals surface area contributed by atoms with Crippen molar-refractivity contribution in [1.82, 2.24) is 29.7 Å². The van der Waals surface area contributed by atoms with E-state index in [0.29, 0.717) is 61.9 Å². The first kappa shape index (κ1) is 35.4. The number of fused-ring (bicyclic) bond motifs is 1. The second kappa shape index (κ2) is 14.9. The predicted octanol–water partition coefficient (Wildman–Crippen LogP) is 5.47. The van der Waals surface area contributed by atoms with Crippen LogP contribution in [0.15, 0.2) is 85.2 Å². The molecular weight excluding hydrogens is 685 g/mol. The van der Waals surface area contributed by atoms with Crippen molar-refractivity contribution in [3.63, 3.8) is 0 Å². The Labute approximate surface area is 303 Å². The van der Waals surface area contributed by atoms with E-state index in [4.69, 9.17) is 0 Å². The van der Waals surface area contributed by atoms with E-state index in [2.05, 4.69) is 37.5 Å². The third kappa shape index (κ3) is 8.22. The van der Waals surface area contributed by atoms with Crippen LogP contribution < -0.4 is 15.5 Å². The van der Waals surface area contributed by atoms with Crippen molar-refractivity contribution in [3.8, 4) is 11.8 Å². The SMILES string of the molecule is Cc1ccc(C(=O)Nc2ccc(CN3CCN(Cc4ccc(N5CCC(=O)NC5=O)cc4)CC3)c(C(F)(F)F)c2)cc1C#Cc1cnc2cccnn12. The van der Waals surface area contributed by atoms with Crippen LogP contribution in [0.1, 0.15) is 50.3 Å². The minimum Gasteiger partial charge on any atom is -0.322 e. The van der Waals surface area contributed by atoms with Crippen LogP contribution in [0.4, 0.5) is 29.3 Å². The number of nitrogens with zero attached hydrogens (tertiary/aromatic N) is 6. The lowest BCUT2D eigenvalue weighted by molar-refractivity contribution is -0.138. The predicted molar refractivity (Wildman–Crippen MR) is 192 cm³/mol. The molecule has 4 heterocycles. The summed E-state index contributed by atoms with van der Waals surface area (Å²) in [4.78, 5) is 46.8. The van der Waals surface area contributed by atoms with Crippen LogP contribution in [-0.4, -0.2) is 75.0 Å². The van der Waals surface area contributed by atoms with Crippen LogP contribution in [0.25, 0.3) is 5.65 Å². The van der Waals surface area contributed by atoms with Gasteiger partial charge in [0, 0.05) is 80.9 Å². The van der Waals surface area contributed by atoms with Crippen LogP contribution in [-0.2, 0) is 24.1 Å². The Morgan fingerprint density at radius 2 is 1.66 bits per heavy atom. The number of carbonyl (C=O) groups excluding carboxylic acids is 3. The Kier molecular flexibility index (Phi) is 9.94. The van der Waals surface area contributed by atoms with Crippen LogP contribution in [0.5, 0.6) is 0 Å². The van der Waals surface area contributed by atoms with E-state index in [1.54, 1.807) is 41.2 Å². The number of anilines is 2. The first-order valence-electron chi connectivity index (χ1n) is 17.1. The summed E-state index contributed by atoms with van der Waals surface area (Å²) in [5.41, 5.74) is 4.05. The smallest absolute Gasteiger partial charge is 0.322 e. The van der Waals surface area contributed by atoms with Crippen molar-refractivity contribution >= 4 is 34.9 Å². The zero-order valence-corrected chi connectivity index (χ0v) is 28.8. The zero-order valence-electron chi connectivity index (χ0n) is 28.8. The first-order valence-corrected chi connectivity index (χ1v) is 17.1. The van der Waals surface area contributed by atoms with Gasteiger partial charge in [-0.05, 0) is 78.1 Å². The van der Waals surface area contributed by atoms with E-state index in [-0.39, 0.29) is 35.7 Å². The van der Waals surface area contributed by atoms with Crippen molar-refractivity contribution in [3.05, 3.63) is 124 Å². The lowest BCUT2D eigenvalue weighted by Crippen LogP contribution is -2.49. The number of alkyl halides is 3. The number of urea groups is 1. The molecule has 2 fully saturated rings. The average molecular weight is 721 g/mol. The Morgan fingerprint density at radius 1 is 0.906 bits per heavy atom. The topological polar surface area (TPSA) is 115 Å². The fourth-order valence-electron chi connectivity index (χ4n) is 6.40. The molecule has 14 heteroatoms. The molecule has 0 atom stereocenters. The van der Waals surface area contributed by atoms with Gasteiger partial charge in [0.2, 0.25) is 5.91 Å². The maximum absolute atomic E-state index is 14.3. The van der Waals surface area contributed by atoms with E-state index < -0.39 is 23.7 Å². The van der Waals surface area contributed by atoms with Gasteiger partial charge in [-0.15, -0.1) is 0 Å². The minimum atomic E-state index is -4.62. The number of nitrogens with one attached hydrogen (secondary N) is 2. The number of imidazole rings is 1. The molecule has 270 valence electrons. The number of aryl methyl sites for hydroxylation is 1. The van der Waals surface area contributed by atoms with E-state index in [9.17, 15) is 27.6 Å². The summed E-state index contributed by atoms with van der Waals surface area (Å²) in [5, 5.41) is 9.20. The normalized spacial score (nSPS) is 15.6. The fourth-order valence-corrected chi connectivity index (χ4v) is 6.40. The summed E-state index contributed by atoms with van der Waals surface area (Å²) in [7, 11) is 0. The summed E-state index contributed by atoms with van der Waals surface area (Å²) < 4.78 is 44.6. The molecule has 0 spiro atoms. The number of imide groups is 1. The summed E-state index contributed by atoms with van der Waals surface area (Å²) in [6.07, 6.45) is -1.13. The van der Waals surface area contributed by atoms with Gasteiger partial charge in [-0.25, -0.2) is 14.3 Å². The number of hydrogen-bond donors (Lipinski definition) is 2. The van der Waals surface area contributed by atoms with Gasteiger partial charge in [-0.1, -0.05) is 30.2 Å². The molecule has 0 radical (unpaired) electrons. The van der Waals surface area contributed by atoms with Gasteiger partial charge in [0.15, 0.2) is 5.65 Å². The molecule has 4 amide bonds. The number of carbonyl (C=O) groups is 3. The van der Waals surface area contributed by atoms with Gasteiger partial charge in [-0.2, -0.15) is 18.3 Å². The van der Waals surface area contributed by atoms with Gasteiger partial charge >= 0.3 is 12.2 Å². The Balaban J connectivity index is 0.965. The third-order valence-electron chi connectivity index (χ3n) is 9.34. The highest BCUT2D eigenvalue weighted by atomic mass is 19.4. The van der Waals surface area contributed by atoms with Crippen LogP contribution >= 0.6 is 0 Å². The molecule has 2 N–H and O–H groups in total. The largest absolute Gasteiger partial charge is 0.416 e. The molecule has 7 rings (SSSR count). The van der Waals surface area contributed by atoms with Gasteiger partial charge in [0.05, 0.1) is 11.8 Å². The molecule has 53 heavy (non-hydrogen) atoms. The summed E-state index contributed by atoms with van der Waals surface area (Å²) >= 11 is 0. The van der Waals surface area contributed by atoms with E-state index >= 15 is 0 Å². The molecule has 0 unspecified atom stereocenters. The zero-order chi connectivity index (χ0) is 37.1. The highest BCUT2D eigenvalue weighted by Gasteiger charge is 2.34. The minimum absolute atomic E-state index is 0.0429. The molecular formula is C39H35F3N8O3. The maximum atomic E-state index is 14.3. The van der Waals surface area contributed by atoms with Gasteiger partial charge < -0.3 is 5.32 Å². The van der Waals surface area contributed by atoms with Crippen molar-refractivity contribution in [2.45, 2.75) is 32.6 Å². The molecule has 0 bridgehead atoms. The molecule has 2 aliphatic heterocycles. The van der Waals surface area contributed by atoms with E-state index in [1.165, 1.54) is 17.0 Å². The molecule has 2 aliphatic rings. The van der Waals surface area contributed by atoms with Crippen LogP contribution in [0, 0.1) is 18.8 Å². The van der Waals surface area contributed by atoms with Gasteiger partial charge in [0.25, 0.3) is 5.91 Å². The third-order valence-corrected chi connectivity index (χ3v) is 9.34. The Hall–Kier alpha value is -6.04. The standard InChI is InChI=1S/C39H35F3N8O3/c1-26-4-7-29(21-28(26)9-13-33-23-43-35-3-2-15-44-50(33)35)37(52)45-31-10-8-30(34(22-31)39(40,41)42)25-48-19-17-47(18-20-48)24-27-5-11-32(12-6-27)49-16-14-36(51)46-38(49)53/h2-8,10-12,15,21-23H,14,16-20,24-25H2,1H3,(H,45,52)(H,46,51,53). The number of benzene rings is 3. The Morgan fingerprint density at radius 3 is 2.40 bits per heavy atom. The van der Waals surface area contributed by atoms with E-state index in [1.807, 2.05) is 42.2 Å². The van der Waals surface area contributed by atoms with Crippen LogP contribution in [0.3, 0.4) is 0 Å². The number of halogens is 3. The second-order valence-electron chi connectivity index (χ2n) is 13.0. The quantitative estimate of drug-likeness (QED) is 0.214. The lowest BCUT2D eigenvalue weighted by Gasteiger charge is -2.35. The Bertz CT molecular complexity index is 2250. The second-order valence-corrected chi connectivity index (χ2v) is 13.0. The van der Waals surface area contributed by atoms with Gasteiger partial charge in [-0.3, -0.25) is 29.6 Å². The average Bonchev–Trinajstić information content (AvgIpc) is 3.56. The van der Waals surface area contributed by atoms with Crippen molar-refractivity contribution < 1.29 is 27.6 Å². The monoisotopic (exact) mass is 720 g/mol. The molecule has 2 saturated heterocycles. The lowest BCUT2D eigenvalue weighted by atomic mass is 10.0. The molecule has 11 nitrogen and oxygen atoms in total. The summed E-state index contributed by atoms with van der Waals surface area (Å²) in [6, 6.07) is 19.6. The highest BCUT2D eigenvalue weighted by Crippen LogP contribution is 2.35. The number of amides is 4. The highest BCUT2D eigenvalue weighted by molar-refractivity contribution is 6.06. The molecule has 5 aromatic rings. The summed E-state index contributed by atoms with van der Waals surface area (Å²) in [6.45, 7) is 5.49. The maximum Gasteiger partial charge on any atom is 0.416 e. The molecule has 0 aliphatic carbocycles. The van der Waals surface area contributed by atoms with Gasteiger partial charge in [0.1, 0.15) is 5.69 Å². The van der Waals surface area contributed by atoms with E-state index in [0.717, 1.165) is 17.2 Å². The number of rotatable bonds is 7. The van der Waals surface area contributed by atoms with Crippen molar-refractivity contribution in [1.29, 1.82) is 0 Å². The first-order chi connectivity index (χ1) is 25.5. The number of hydrogen-bond acceptors (Lipinski definition) is 7. The molecule has 3 aromatic carbocycles. The molecule has 0 saturated carbocycles. The number of piperazine rings is 1. The summed E-state index contributed by atoms with van der Waals surface area (Å²) in [5.74, 6) is 5.26. The van der Waals surface area contributed by atoms with Crippen molar-refractivity contribution in [2.75, 3.05) is 42.9 Å². The molecule has 2 aromatic heterocycles. The van der Waals surface area contributed by atoms with Crippen molar-refractivity contribution in [2.24, 2.45) is 0 Å². The number of aromatic nitrogens is 3. The van der Waals surface area contributed by atoms with Crippen LogP contribution in [0.2, 0.25) is 0 Å². The fraction of sp³-hybridized carbons (Fsp3) is 0.256.